The van der Waals surface area contributed by atoms with E-state index in [0.29, 0.717) is 17.6 Å². The van der Waals surface area contributed by atoms with Gasteiger partial charge in [-0.2, -0.15) is 0 Å². The Balaban J connectivity index is 2.86. The molecule has 2 N–H and O–H groups in total. The summed E-state index contributed by atoms with van der Waals surface area (Å²) >= 11 is 0. The van der Waals surface area contributed by atoms with Crippen molar-refractivity contribution in [3.63, 3.8) is 0 Å². The molecular formula is C9H11N3O2. The summed E-state index contributed by atoms with van der Waals surface area (Å²) in [5.41, 5.74) is 0.421. The summed E-state index contributed by atoms with van der Waals surface area (Å²) in [6.45, 7) is 2.60. The molecule has 0 atom stereocenters. The average Bonchev–Trinajstić information content (AvgIpc) is 2.60. The fraction of sp³-hybridized carbons (Fsp3) is 0.333. The zero-order chi connectivity index (χ0) is 10.1. The molecule has 0 aliphatic carbocycles. The Morgan fingerprint density at radius 2 is 2.21 bits per heavy atom. The van der Waals surface area contributed by atoms with E-state index in [0.717, 1.165) is 6.42 Å². The molecule has 2 heterocycles. The fourth-order valence-electron chi connectivity index (χ4n) is 1.55. The van der Waals surface area contributed by atoms with Crippen LogP contribution >= 0.6 is 0 Å². The number of nitrogens with one attached hydrogen (secondary N) is 2. The minimum atomic E-state index is -0.359. The van der Waals surface area contributed by atoms with Crippen LogP contribution in [0.25, 0.3) is 11.0 Å². The highest BCUT2D eigenvalue weighted by atomic mass is 16.2. The summed E-state index contributed by atoms with van der Waals surface area (Å²) < 4.78 is 1.56. The van der Waals surface area contributed by atoms with E-state index < -0.39 is 0 Å². The van der Waals surface area contributed by atoms with Gasteiger partial charge < -0.3 is 4.98 Å². The number of nitrogens with zero attached hydrogens (tertiary/aromatic N) is 1. The molecule has 0 aromatic carbocycles. The lowest BCUT2D eigenvalue weighted by Crippen LogP contribution is -2.29. The Morgan fingerprint density at radius 1 is 1.43 bits per heavy atom. The molecule has 0 saturated heterocycles. The van der Waals surface area contributed by atoms with Gasteiger partial charge >= 0.3 is 5.69 Å². The van der Waals surface area contributed by atoms with Gasteiger partial charge in [0.25, 0.3) is 5.56 Å². The van der Waals surface area contributed by atoms with E-state index in [1.54, 1.807) is 16.8 Å². The topological polar surface area (TPSA) is 70.7 Å². The van der Waals surface area contributed by atoms with Gasteiger partial charge in [0.05, 0.1) is 5.52 Å². The molecule has 2 aromatic rings. The Hall–Kier alpha value is -1.78. The molecule has 0 aliphatic rings. The lowest BCUT2D eigenvalue weighted by atomic mass is 10.4. The molecule has 74 valence electrons. The van der Waals surface area contributed by atoms with Crippen molar-refractivity contribution in [1.82, 2.24) is 14.5 Å². The van der Waals surface area contributed by atoms with Crippen LogP contribution in [0.4, 0.5) is 0 Å². The molecule has 2 rings (SSSR count). The van der Waals surface area contributed by atoms with Crippen molar-refractivity contribution in [3.05, 3.63) is 33.1 Å². The molecule has 5 heteroatoms. The van der Waals surface area contributed by atoms with Crippen LogP contribution < -0.4 is 11.2 Å². The van der Waals surface area contributed by atoms with E-state index in [2.05, 4.69) is 9.97 Å². The summed E-state index contributed by atoms with van der Waals surface area (Å²) in [7, 11) is 0. The first kappa shape index (κ1) is 8.80. The van der Waals surface area contributed by atoms with Crippen LogP contribution in [0, 0.1) is 0 Å². The van der Waals surface area contributed by atoms with Crippen molar-refractivity contribution in [2.45, 2.75) is 19.9 Å². The largest absolute Gasteiger partial charge is 0.355 e. The second-order valence-corrected chi connectivity index (χ2v) is 3.15. The van der Waals surface area contributed by atoms with E-state index in [1.165, 1.54) is 0 Å². The fourth-order valence-corrected chi connectivity index (χ4v) is 1.55. The number of aromatic nitrogens is 3. The number of hydrogen-bond donors (Lipinski definition) is 2. The maximum Gasteiger partial charge on any atom is 0.328 e. The van der Waals surface area contributed by atoms with Crippen molar-refractivity contribution in [3.8, 4) is 0 Å². The van der Waals surface area contributed by atoms with Crippen LogP contribution in [0.5, 0.6) is 0 Å². The molecule has 0 radical (unpaired) electrons. The summed E-state index contributed by atoms with van der Waals surface area (Å²) in [6, 6.07) is 1.74. The highest BCUT2D eigenvalue weighted by Gasteiger charge is 2.06. The van der Waals surface area contributed by atoms with Crippen LogP contribution in [-0.2, 0) is 6.54 Å². The van der Waals surface area contributed by atoms with Crippen LogP contribution in [0.15, 0.2) is 21.9 Å². The molecule has 0 unspecified atom stereocenters. The smallest absolute Gasteiger partial charge is 0.328 e. The molecule has 5 nitrogen and oxygen atoms in total. The summed E-state index contributed by atoms with van der Waals surface area (Å²) in [5, 5.41) is 0. The predicted octanol–water partition coefficient (Wildman–Crippen LogP) is 0.428. The minimum Gasteiger partial charge on any atom is -0.355 e. The third kappa shape index (κ3) is 1.17. The van der Waals surface area contributed by atoms with Gasteiger partial charge in [-0.05, 0) is 12.5 Å². The average molecular weight is 193 g/mol. The third-order valence-electron chi connectivity index (χ3n) is 2.16. The molecule has 0 aliphatic heterocycles. The Kier molecular flexibility index (Phi) is 1.99. The number of fused-ring (bicyclic) bond motifs is 1. The molecule has 0 saturated carbocycles. The van der Waals surface area contributed by atoms with E-state index >= 15 is 0 Å². The van der Waals surface area contributed by atoms with Gasteiger partial charge in [-0.25, -0.2) is 4.79 Å². The van der Waals surface area contributed by atoms with Crippen molar-refractivity contribution >= 4 is 11.0 Å². The Labute approximate surface area is 79.4 Å². The number of aryl methyl sites for hydroxylation is 1. The van der Waals surface area contributed by atoms with Crippen molar-refractivity contribution < 1.29 is 0 Å². The minimum absolute atomic E-state index is 0.344. The summed E-state index contributed by atoms with van der Waals surface area (Å²) in [6.07, 6.45) is 2.51. The van der Waals surface area contributed by atoms with Gasteiger partial charge in [0.15, 0.2) is 0 Å². The Morgan fingerprint density at radius 3 is 2.93 bits per heavy atom. The highest BCUT2D eigenvalue weighted by molar-refractivity contribution is 5.73. The first-order valence-corrected chi connectivity index (χ1v) is 4.54. The normalized spacial score (nSPS) is 10.9. The van der Waals surface area contributed by atoms with Gasteiger partial charge in [-0.15, -0.1) is 0 Å². The van der Waals surface area contributed by atoms with Crippen molar-refractivity contribution in [1.29, 1.82) is 0 Å². The maximum absolute atomic E-state index is 11.4. The number of H-pyrrole nitrogens is 2. The SMILES string of the molecule is CCCn1c(=O)[nH]c(=O)c2[nH]ccc21. The zero-order valence-electron chi connectivity index (χ0n) is 7.83. The van der Waals surface area contributed by atoms with Gasteiger partial charge in [0.2, 0.25) is 0 Å². The van der Waals surface area contributed by atoms with Crippen LogP contribution in [-0.4, -0.2) is 14.5 Å². The lowest BCUT2D eigenvalue weighted by molar-refractivity contribution is 0.658. The van der Waals surface area contributed by atoms with Gasteiger partial charge in [0.1, 0.15) is 5.52 Å². The lowest BCUT2D eigenvalue weighted by Gasteiger charge is -2.03. The van der Waals surface area contributed by atoms with Crippen LogP contribution in [0.2, 0.25) is 0 Å². The number of rotatable bonds is 2. The highest BCUT2D eigenvalue weighted by Crippen LogP contribution is 2.04. The quantitative estimate of drug-likeness (QED) is 0.726. The van der Waals surface area contributed by atoms with Crippen LogP contribution in [0.3, 0.4) is 0 Å². The predicted molar refractivity (Wildman–Crippen MR) is 53.5 cm³/mol. The first-order chi connectivity index (χ1) is 6.74. The van der Waals surface area contributed by atoms with Gasteiger partial charge in [0, 0.05) is 12.7 Å². The zero-order valence-corrected chi connectivity index (χ0v) is 7.83. The molecule has 2 aromatic heterocycles. The third-order valence-corrected chi connectivity index (χ3v) is 2.16. The van der Waals surface area contributed by atoms with Crippen molar-refractivity contribution in [2.24, 2.45) is 0 Å². The molecule has 0 bridgehead atoms. The summed E-state index contributed by atoms with van der Waals surface area (Å²) in [4.78, 5) is 27.8. The van der Waals surface area contributed by atoms with E-state index in [1.807, 2.05) is 6.92 Å². The van der Waals surface area contributed by atoms with E-state index in [-0.39, 0.29) is 11.2 Å². The molecule has 0 amide bonds. The molecule has 0 fully saturated rings. The Bertz CT molecular complexity index is 561. The van der Waals surface area contributed by atoms with Crippen molar-refractivity contribution in [2.75, 3.05) is 0 Å². The molecule has 0 spiro atoms. The van der Waals surface area contributed by atoms with Gasteiger partial charge in [-0.1, -0.05) is 6.92 Å². The molecule has 14 heavy (non-hydrogen) atoms. The number of aromatic amines is 2. The first-order valence-electron chi connectivity index (χ1n) is 4.54. The standard InChI is InChI=1S/C9H11N3O2/c1-2-5-12-6-3-4-10-7(6)8(13)11-9(12)14/h3-4,10H,2,5H2,1H3,(H,11,13,14). The second kappa shape index (κ2) is 3.17. The molecular weight excluding hydrogens is 182 g/mol. The monoisotopic (exact) mass is 193 g/mol. The van der Waals surface area contributed by atoms with Crippen LogP contribution in [0.1, 0.15) is 13.3 Å². The van der Waals surface area contributed by atoms with Gasteiger partial charge in [-0.3, -0.25) is 14.3 Å². The number of hydrogen-bond acceptors (Lipinski definition) is 2. The second-order valence-electron chi connectivity index (χ2n) is 3.15. The van der Waals surface area contributed by atoms with E-state index in [4.69, 9.17) is 0 Å². The van der Waals surface area contributed by atoms with E-state index in [9.17, 15) is 9.59 Å². The maximum atomic E-state index is 11.4. The summed E-state index contributed by atoms with van der Waals surface area (Å²) in [5.74, 6) is 0.